The highest BCUT2D eigenvalue weighted by Crippen LogP contribution is 2.33. The van der Waals surface area contributed by atoms with Gasteiger partial charge in [-0.1, -0.05) is 18.2 Å². The third-order valence-electron chi connectivity index (χ3n) is 4.73. The number of rotatable bonds is 3. The van der Waals surface area contributed by atoms with Crippen LogP contribution >= 0.6 is 0 Å². The molecule has 4 aromatic rings. The second-order valence-corrected chi connectivity index (χ2v) is 6.47. The summed E-state index contributed by atoms with van der Waals surface area (Å²) >= 11 is 0. The molecule has 0 fully saturated rings. The van der Waals surface area contributed by atoms with Crippen LogP contribution in [0.5, 0.6) is 0 Å². The van der Waals surface area contributed by atoms with Gasteiger partial charge in [-0.2, -0.15) is 0 Å². The predicted molar refractivity (Wildman–Crippen MR) is 104 cm³/mol. The van der Waals surface area contributed by atoms with Crippen molar-refractivity contribution >= 4 is 34.3 Å². The summed E-state index contributed by atoms with van der Waals surface area (Å²) in [5.41, 5.74) is 2.15. The summed E-state index contributed by atoms with van der Waals surface area (Å²) in [5, 5.41) is 11.0. The number of non-ortho nitro benzene ring substituents is 1. The Labute approximate surface area is 163 Å². The monoisotopic (exact) mass is 385 g/mol. The summed E-state index contributed by atoms with van der Waals surface area (Å²) in [5.74, 6) is -0.779. The van der Waals surface area contributed by atoms with Crippen molar-refractivity contribution in [1.82, 2.24) is 4.98 Å². The number of nitrogens with zero attached hydrogens (tertiary/aromatic N) is 3. The Morgan fingerprint density at radius 2 is 1.69 bits per heavy atom. The number of carbonyl (C=O) groups excluding carboxylic acids is 2. The minimum Gasteiger partial charge on any atom is -0.436 e. The van der Waals surface area contributed by atoms with Crippen LogP contribution in [0.2, 0.25) is 0 Å². The van der Waals surface area contributed by atoms with E-state index < -0.39 is 16.7 Å². The van der Waals surface area contributed by atoms with Gasteiger partial charge in [-0.25, -0.2) is 9.88 Å². The zero-order valence-corrected chi connectivity index (χ0v) is 14.7. The molecular weight excluding hydrogens is 374 g/mol. The molecule has 0 radical (unpaired) electrons. The van der Waals surface area contributed by atoms with Crippen molar-refractivity contribution in [3.05, 3.63) is 88.0 Å². The Kier molecular flexibility index (Phi) is 3.53. The average molecular weight is 385 g/mol. The van der Waals surface area contributed by atoms with Crippen molar-refractivity contribution in [3.8, 4) is 11.5 Å². The largest absolute Gasteiger partial charge is 0.436 e. The third kappa shape index (κ3) is 2.58. The van der Waals surface area contributed by atoms with Gasteiger partial charge in [0, 0.05) is 17.7 Å². The molecule has 140 valence electrons. The summed E-state index contributed by atoms with van der Waals surface area (Å²) in [7, 11) is 0. The molecule has 1 aromatic heterocycles. The number of oxazole rings is 1. The van der Waals surface area contributed by atoms with Crippen LogP contribution in [-0.2, 0) is 0 Å². The van der Waals surface area contributed by atoms with Gasteiger partial charge in [0.2, 0.25) is 5.89 Å². The predicted octanol–water partition coefficient (Wildman–Crippen LogP) is 4.20. The van der Waals surface area contributed by atoms with Gasteiger partial charge in [-0.05, 0) is 36.4 Å². The van der Waals surface area contributed by atoms with Crippen molar-refractivity contribution in [3.63, 3.8) is 0 Å². The Hall–Kier alpha value is -4.33. The number of imide groups is 1. The van der Waals surface area contributed by atoms with Crippen LogP contribution < -0.4 is 4.90 Å². The molecule has 1 aliphatic rings. The maximum absolute atomic E-state index is 12.8. The Morgan fingerprint density at radius 3 is 2.48 bits per heavy atom. The van der Waals surface area contributed by atoms with Crippen LogP contribution in [0.1, 0.15) is 20.7 Å². The molecule has 0 bridgehead atoms. The fourth-order valence-electron chi connectivity index (χ4n) is 3.35. The van der Waals surface area contributed by atoms with Crippen molar-refractivity contribution in [2.45, 2.75) is 0 Å². The highest BCUT2D eigenvalue weighted by molar-refractivity contribution is 6.34. The molecule has 5 rings (SSSR count). The molecule has 0 saturated carbocycles. The number of hydrogen-bond donors (Lipinski definition) is 0. The molecule has 0 saturated heterocycles. The lowest BCUT2D eigenvalue weighted by molar-refractivity contribution is -0.384. The van der Waals surface area contributed by atoms with Crippen LogP contribution in [0.15, 0.2) is 71.1 Å². The average Bonchev–Trinajstić information content (AvgIpc) is 3.27. The van der Waals surface area contributed by atoms with Crippen molar-refractivity contribution < 1.29 is 18.9 Å². The zero-order chi connectivity index (χ0) is 20.1. The first-order valence-corrected chi connectivity index (χ1v) is 8.66. The van der Waals surface area contributed by atoms with Crippen molar-refractivity contribution in [2.24, 2.45) is 0 Å². The number of benzene rings is 3. The number of fused-ring (bicyclic) bond motifs is 2. The molecule has 2 heterocycles. The van der Waals surface area contributed by atoms with E-state index in [1.165, 1.54) is 12.1 Å². The maximum Gasteiger partial charge on any atom is 0.270 e. The molecule has 0 unspecified atom stereocenters. The van der Waals surface area contributed by atoms with Crippen LogP contribution in [-0.4, -0.2) is 21.7 Å². The van der Waals surface area contributed by atoms with Gasteiger partial charge in [-0.3, -0.25) is 19.7 Å². The first kappa shape index (κ1) is 16.8. The van der Waals surface area contributed by atoms with E-state index in [4.69, 9.17) is 4.42 Å². The van der Waals surface area contributed by atoms with Gasteiger partial charge in [-0.15, -0.1) is 0 Å². The summed E-state index contributed by atoms with van der Waals surface area (Å²) in [4.78, 5) is 41.4. The van der Waals surface area contributed by atoms with Gasteiger partial charge in [0.1, 0.15) is 5.52 Å². The van der Waals surface area contributed by atoms with Gasteiger partial charge in [0.25, 0.3) is 17.5 Å². The highest BCUT2D eigenvalue weighted by Gasteiger charge is 2.38. The zero-order valence-electron chi connectivity index (χ0n) is 14.7. The van der Waals surface area contributed by atoms with E-state index in [2.05, 4.69) is 4.98 Å². The fourth-order valence-corrected chi connectivity index (χ4v) is 3.35. The first-order valence-electron chi connectivity index (χ1n) is 8.66. The molecule has 0 N–H and O–H groups in total. The third-order valence-corrected chi connectivity index (χ3v) is 4.73. The Bertz CT molecular complexity index is 1310. The molecule has 1 aliphatic heterocycles. The van der Waals surface area contributed by atoms with E-state index in [1.54, 1.807) is 30.3 Å². The summed E-state index contributed by atoms with van der Waals surface area (Å²) in [6.45, 7) is 0. The van der Waals surface area contributed by atoms with E-state index in [9.17, 15) is 19.7 Å². The number of para-hydroxylation sites is 2. The van der Waals surface area contributed by atoms with Gasteiger partial charge < -0.3 is 4.42 Å². The van der Waals surface area contributed by atoms with E-state index in [1.807, 2.05) is 18.2 Å². The smallest absolute Gasteiger partial charge is 0.270 e. The van der Waals surface area contributed by atoms with Gasteiger partial charge >= 0.3 is 0 Å². The Balaban J connectivity index is 1.56. The van der Waals surface area contributed by atoms with E-state index >= 15 is 0 Å². The quantitative estimate of drug-likeness (QED) is 0.297. The Morgan fingerprint density at radius 1 is 0.897 bits per heavy atom. The molecule has 3 aromatic carbocycles. The minimum atomic E-state index is -0.608. The lowest BCUT2D eigenvalue weighted by atomic mass is 10.1. The summed E-state index contributed by atoms with van der Waals surface area (Å²) in [6, 6.07) is 17.6. The first-order chi connectivity index (χ1) is 14.0. The molecule has 8 heteroatoms. The van der Waals surface area contributed by atoms with Crippen molar-refractivity contribution in [1.29, 1.82) is 0 Å². The number of nitro benzene ring substituents is 1. The van der Waals surface area contributed by atoms with Crippen LogP contribution in [0.25, 0.3) is 22.6 Å². The number of aromatic nitrogens is 1. The van der Waals surface area contributed by atoms with Crippen LogP contribution in [0.3, 0.4) is 0 Å². The number of anilines is 1. The maximum atomic E-state index is 12.8. The van der Waals surface area contributed by atoms with Crippen LogP contribution in [0.4, 0.5) is 11.4 Å². The number of nitro groups is 1. The molecular formula is C21H11N3O5. The van der Waals surface area contributed by atoms with E-state index in [0.29, 0.717) is 28.2 Å². The summed E-state index contributed by atoms with van der Waals surface area (Å²) < 4.78 is 5.75. The van der Waals surface area contributed by atoms with Gasteiger partial charge in [0.15, 0.2) is 5.58 Å². The minimum absolute atomic E-state index is 0.0106. The van der Waals surface area contributed by atoms with Gasteiger partial charge in [0.05, 0.1) is 21.7 Å². The van der Waals surface area contributed by atoms with Crippen LogP contribution in [0, 0.1) is 10.1 Å². The molecule has 0 aliphatic carbocycles. The fraction of sp³-hybridized carbons (Fsp3) is 0. The molecule has 0 spiro atoms. The molecule has 2 amide bonds. The number of carbonyl (C=O) groups is 2. The SMILES string of the molecule is O=C1c2ccc([N+](=O)[O-])cc2C(=O)N1c1cccc(-c2nc3ccccc3o2)c1. The molecule has 29 heavy (non-hydrogen) atoms. The normalized spacial score (nSPS) is 13.2. The lowest BCUT2D eigenvalue weighted by Gasteiger charge is -2.14. The number of hydrogen-bond acceptors (Lipinski definition) is 6. The van der Waals surface area contributed by atoms with E-state index in [0.717, 1.165) is 11.0 Å². The molecule has 8 nitrogen and oxygen atoms in total. The second-order valence-electron chi connectivity index (χ2n) is 6.47. The summed E-state index contributed by atoms with van der Waals surface area (Å²) in [6.07, 6.45) is 0. The number of amides is 2. The highest BCUT2D eigenvalue weighted by atomic mass is 16.6. The molecule has 0 atom stereocenters. The topological polar surface area (TPSA) is 107 Å². The van der Waals surface area contributed by atoms with Crippen molar-refractivity contribution in [2.75, 3.05) is 4.90 Å². The standard InChI is InChI=1S/C21H11N3O5/c25-20-15-9-8-14(24(27)28)11-16(15)21(26)23(20)13-5-3-4-12(10-13)19-22-17-6-1-2-7-18(17)29-19/h1-11H. The van der Waals surface area contributed by atoms with E-state index in [-0.39, 0.29) is 16.8 Å². The lowest BCUT2D eigenvalue weighted by Crippen LogP contribution is -2.29. The second kappa shape index (κ2) is 6.10.